The maximum atomic E-state index is 12.3. The molecule has 0 unspecified atom stereocenters. The third-order valence-corrected chi connectivity index (χ3v) is 5.37. The molecule has 0 bridgehead atoms. The fraction of sp³-hybridized carbons (Fsp3) is 0.0909. The van der Waals surface area contributed by atoms with Crippen molar-refractivity contribution in [3.63, 3.8) is 0 Å². The van der Waals surface area contributed by atoms with Crippen LogP contribution in [0.25, 0.3) is 11.1 Å². The van der Waals surface area contributed by atoms with Crippen LogP contribution >= 0.6 is 27.7 Å². The van der Waals surface area contributed by atoms with Crippen LogP contribution in [0.4, 0.5) is 5.69 Å². The van der Waals surface area contributed by atoms with E-state index < -0.39 is 0 Å². The molecule has 1 amide bonds. The minimum atomic E-state index is -0.116. The Hall–Kier alpha value is -2.37. The number of benzene rings is 3. The number of Topliss-reactive ketones (excluding diaryl/α,β-unsaturated/α-hetero) is 1. The molecule has 0 radical (unpaired) electrons. The number of anilines is 1. The van der Waals surface area contributed by atoms with E-state index in [0.717, 1.165) is 21.3 Å². The lowest BCUT2D eigenvalue weighted by Gasteiger charge is -2.06. The number of carbonyl (C=O) groups is 2. The van der Waals surface area contributed by atoms with Crippen LogP contribution in [-0.2, 0) is 4.79 Å². The van der Waals surface area contributed by atoms with E-state index in [1.165, 1.54) is 11.8 Å². The standard InChI is InChI=1S/C22H18BrNO2S/c23-19-10-12-20(13-11-19)24-22(26)15-27-14-21(25)18-8-6-17(7-9-18)16-4-2-1-3-5-16/h1-13H,14-15H2,(H,24,26). The third kappa shape index (κ3) is 5.81. The molecule has 0 aliphatic rings. The Morgan fingerprint density at radius 2 is 1.41 bits per heavy atom. The number of amides is 1. The number of hydrogen-bond acceptors (Lipinski definition) is 3. The molecule has 27 heavy (non-hydrogen) atoms. The van der Waals surface area contributed by atoms with Gasteiger partial charge in [-0.3, -0.25) is 9.59 Å². The molecule has 0 aliphatic heterocycles. The van der Waals surface area contributed by atoms with Crippen LogP contribution in [0.5, 0.6) is 0 Å². The second-order valence-corrected chi connectivity index (χ2v) is 7.82. The smallest absolute Gasteiger partial charge is 0.234 e. The number of hydrogen-bond donors (Lipinski definition) is 1. The van der Waals surface area contributed by atoms with Crippen molar-refractivity contribution >= 4 is 45.1 Å². The minimum Gasteiger partial charge on any atom is -0.325 e. The molecule has 0 aliphatic carbocycles. The van der Waals surface area contributed by atoms with Gasteiger partial charge in [0.15, 0.2) is 5.78 Å². The van der Waals surface area contributed by atoms with Gasteiger partial charge in [0.2, 0.25) is 5.91 Å². The van der Waals surface area contributed by atoms with E-state index in [2.05, 4.69) is 21.2 Å². The van der Waals surface area contributed by atoms with Gasteiger partial charge in [-0.2, -0.15) is 0 Å². The van der Waals surface area contributed by atoms with Crippen LogP contribution in [-0.4, -0.2) is 23.2 Å². The largest absolute Gasteiger partial charge is 0.325 e. The molecule has 0 fully saturated rings. The topological polar surface area (TPSA) is 46.2 Å². The first kappa shape index (κ1) is 19.4. The van der Waals surface area contributed by atoms with Gasteiger partial charge in [0, 0.05) is 15.7 Å². The lowest BCUT2D eigenvalue weighted by atomic mass is 10.0. The summed E-state index contributed by atoms with van der Waals surface area (Å²) >= 11 is 4.67. The van der Waals surface area contributed by atoms with Gasteiger partial charge in [0.1, 0.15) is 0 Å². The van der Waals surface area contributed by atoms with Gasteiger partial charge in [-0.15, -0.1) is 11.8 Å². The first-order valence-electron chi connectivity index (χ1n) is 8.44. The molecule has 5 heteroatoms. The summed E-state index contributed by atoms with van der Waals surface area (Å²) in [4.78, 5) is 24.3. The van der Waals surface area contributed by atoms with E-state index in [9.17, 15) is 9.59 Å². The van der Waals surface area contributed by atoms with Crippen molar-refractivity contribution in [1.82, 2.24) is 0 Å². The third-order valence-electron chi connectivity index (χ3n) is 3.91. The Balaban J connectivity index is 1.47. The average molecular weight is 440 g/mol. The van der Waals surface area contributed by atoms with Crippen molar-refractivity contribution < 1.29 is 9.59 Å². The Labute approximate surface area is 171 Å². The number of thioether (sulfide) groups is 1. The van der Waals surface area contributed by atoms with Crippen molar-refractivity contribution in [2.24, 2.45) is 0 Å². The van der Waals surface area contributed by atoms with E-state index in [0.29, 0.717) is 5.56 Å². The van der Waals surface area contributed by atoms with Crippen LogP contribution in [0.3, 0.4) is 0 Å². The number of nitrogens with one attached hydrogen (secondary N) is 1. The highest BCUT2D eigenvalue weighted by Crippen LogP contribution is 2.20. The van der Waals surface area contributed by atoms with Crippen molar-refractivity contribution in [3.8, 4) is 11.1 Å². The molecule has 136 valence electrons. The number of halogens is 1. The summed E-state index contributed by atoms with van der Waals surface area (Å²) in [7, 11) is 0. The maximum absolute atomic E-state index is 12.3. The van der Waals surface area contributed by atoms with Gasteiger partial charge in [0.05, 0.1) is 11.5 Å². The second kappa shape index (κ2) is 9.53. The normalized spacial score (nSPS) is 10.4. The van der Waals surface area contributed by atoms with Crippen LogP contribution < -0.4 is 5.32 Å². The number of carbonyl (C=O) groups excluding carboxylic acids is 2. The highest BCUT2D eigenvalue weighted by molar-refractivity contribution is 9.10. The zero-order valence-electron chi connectivity index (χ0n) is 14.5. The maximum Gasteiger partial charge on any atom is 0.234 e. The molecule has 0 saturated heterocycles. The fourth-order valence-electron chi connectivity index (χ4n) is 2.53. The Bertz CT molecular complexity index is 909. The van der Waals surface area contributed by atoms with E-state index >= 15 is 0 Å². The summed E-state index contributed by atoms with van der Waals surface area (Å²) in [5.74, 6) is 0.424. The van der Waals surface area contributed by atoms with Gasteiger partial charge in [-0.25, -0.2) is 0 Å². The lowest BCUT2D eigenvalue weighted by Crippen LogP contribution is -2.15. The molecule has 3 nitrogen and oxygen atoms in total. The molecule has 0 atom stereocenters. The van der Waals surface area contributed by atoms with Crippen LogP contribution in [0, 0.1) is 0 Å². The van der Waals surface area contributed by atoms with Crippen molar-refractivity contribution in [2.45, 2.75) is 0 Å². The first-order valence-corrected chi connectivity index (χ1v) is 10.4. The monoisotopic (exact) mass is 439 g/mol. The summed E-state index contributed by atoms with van der Waals surface area (Å²) in [6.45, 7) is 0. The summed E-state index contributed by atoms with van der Waals surface area (Å²) in [6, 6.07) is 25.0. The van der Waals surface area contributed by atoms with Crippen molar-refractivity contribution in [1.29, 1.82) is 0 Å². The predicted octanol–water partition coefficient (Wildman–Crippen LogP) is 5.67. The molecule has 3 rings (SSSR count). The van der Waals surface area contributed by atoms with Crippen LogP contribution in [0.1, 0.15) is 10.4 Å². The summed E-state index contributed by atoms with van der Waals surface area (Å²) < 4.78 is 0.957. The molecule has 0 saturated carbocycles. The highest BCUT2D eigenvalue weighted by Gasteiger charge is 2.09. The number of rotatable bonds is 7. The summed E-state index contributed by atoms with van der Waals surface area (Å²) in [5.41, 5.74) is 3.60. The van der Waals surface area contributed by atoms with E-state index in [4.69, 9.17) is 0 Å². The van der Waals surface area contributed by atoms with Gasteiger partial charge in [0.25, 0.3) is 0 Å². The van der Waals surface area contributed by atoms with Gasteiger partial charge in [-0.05, 0) is 35.4 Å². The second-order valence-electron chi connectivity index (χ2n) is 5.91. The van der Waals surface area contributed by atoms with E-state index in [1.54, 1.807) is 0 Å². The molecular formula is C22H18BrNO2S. The molecular weight excluding hydrogens is 422 g/mol. The Morgan fingerprint density at radius 3 is 2.07 bits per heavy atom. The van der Waals surface area contributed by atoms with Crippen molar-refractivity contribution in [2.75, 3.05) is 16.8 Å². The Kier molecular flexibility index (Phi) is 6.85. The zero-order valence-corrected chi connectivity index (χ0v) is 16.9. The van der Waals surface area contributed by atoms with Crippen molar-refractivity contribution in [3.05, 3.63) is 88.9 Å². The SMILES string of the molecule is O=C(CSCC(=O)c1ccc(-c2ccccc2)cc1)Nc1ccc(Br)cc1. The predicted molar refractivity (Wildman–Crippen MR) is 116 cm³/mol. The van der Waals surface area contributed by atoms with E-state index in [1.807, 2.05) is 78.9 Å². The molecule has 0 aromatic heterocycles. The quantitative estimate of drug-likeness (QED) is 0.482. The molecule has 0 spiro atoms. The van der Waals surface area contributed by atoms with E-state index in [-0.39, 0.29) is 23.2 Å². The Morgan fingerprint density at radius 1 is 0.778 bits per heavy atom. The fourth-order valence-corrected chi connectivity index (χ4v) is 3.51. The summed E-state index contributed by atoms with van der Waals surface area (Å²) in [6.07, 6.45) is 0. The minimum absolute atomic E-state index is 0.0241. The van der Waals surface area contributed by atoms with Crippen LogP contribution in [0.2, 0.25) is 0 Å². The first-order chi connectivity index (χ1) is 13.1. The van der Waals surface area contributed by atoms with Gasteiger partial charge < -0.3 is 5.32 Å². The molecule has 1 N–H and O–H groups in total. The summed E-state index contributed by atoms with van der Waals surface area (Å²) in [5, 5.41) is 2.82. The van der Waals surface area contributed by atoms with Crippen LogP contribution in [0.15, 0.2) is 83.3 Å². The van der Waals surface area contributed by atoms with Gasteiger partial charge in [-0.1, -0.05) is 70.5 Å². The molecule has 3 aromatic carbocycles. The van der Waals surface area contributed by atoms with Gasteiger partial charge >= 0.3 is 0 Å². The zero-order chi connectivity index (χ0) is 19.1. The highest BCUT2D eigenvalue weighted by atomic mass is 79.9. The average Bonchev–Trinajstić information content (AvgIpc) is 2.70. The molecule has 0 heterocycles. The lowest BCUT2D eigenvalue weighted by molar-refractivity contribution is -0.113. The number of ketones is 1. The molecule has 3 aromatic rings.